The normalized spacial score (nSPS) is 24.5. The molecule has 1 N–H and O–H groups in total. The van der Waals surface area contributed by atoms with Crippen molar-refractivity contribution in [2.75, 3.05) is 26.2 Å². The molecule has 0 radical (unpaired) electrons. The Labute approximate surface area is 136 Å². The van der Waals surface area contributed by atoms with E-state index in [0.29, 0.717) is 18.2 Å². The van der Waals surface area contributed by atoms with Gasteiger partial charge in [-0.2, -0.15) is 0 Å². The lowest BCUT2D eigenvalue weighted by atomic mass is 10.1. The summed E-state index contributed by atoms with van der Waals surface area (Å²) in [6, 6.07) is 14.5. The van der Waals surface area contributed by atoms with E-state index in [9.17, 15) is 4.79 Å². The lowest BCUT2D eigenvalue weighted by Crippen LogP contribution is -2.50. The molecule has 2 atom stereocenters. The standard InChI is InChI=1S/C19H22N2O2/c22-19(16-8-7-14-4-1-2-5-15(14)10-16)20-11-18-12-21-9-3-6-17(21)13-23-18/h1-2,4-5,7-8,10,17-18H,3,6,9,11-13H2,(H,20,22)/t17-,18+/m1/s1. The van der Waals surface area contributed by atoms with E-state index in [1.165, 1.54) is 19.4 Å². The number of nitrogens with one attached hydrogen (secondary N) is 1. The number of carbonyl (C=O) groups excluding carboxylic acids is 1. The third kappa shape index (κ3) is 3.09. The van der Waals surface area contributed by atoms with Crippen LogP contribution in [0.15, 0.2) is 42.5 Å². The van der Waals surface area contributed by atoms with Gasteiger partial charge < -0.3 is 10.1 Å². The van der Waals surface area contributed by atoms with Crippen molar-refractivity contribution in [1.29, 1.82) is 0 Å². The van der Waals surface area contributed by atoms with Gasteiger partial charge in [0.15, 0.2) is 0 Å². The van der Waals surface area contributed by atoms with Gasteiger partial charge in [0.05, 0.1) is 12.7 Å². The quantitative estimate of drug-likeness (QED) is 0.947. The van der Waals surface area contributed by atoms with E-state index in [4.69, 9.17) is 4.74 Å². The molecular weight excluding hydrogens is 288 g/mol. The molecule has 4 heteroatoms. The Balaban J connectivity index is 1.37. The van der Waals surface area contributed by atoms with Gasteiger partial charge in [-0.1, -0.05) is 30.3 Å². The molecule has 4 nitrogen and oxygen atoms in total. The van der Waals surface area contributed by atoms with Gasteiger partial charge in [-0.05, 0) is 42.3 Å². The molecule has 120 valence electrons. The third-order valence-electron chi connectivity index (χ3n) is 4.96. The van der Waals surface area contributed by atoms with Gasteiger partial charge >= 0.3 is 0 Å². The first-order valence-corrected chi connectivity index (χ1v) is 8.42. The molecule has 0 bridgehead atoms. The summed E-state index contributed by atoms with van der Waals surface area (Å²) in [6.45, 7) is 3.48. The zero-order valence-corrected chi connectivity index (χ0v) is 13.2. The maximum atomic E-state index is 12.4. The van der Waals surface area contributed by atoms with Crippen LogP contribution in [0, 0.1) is 0 Å². The molecule has 2 aromatic carbocycles. The second-order valence-corrected chi connectivity index (χ2v) is 6.52. The van der Waals surface area contributed by atoms with Crippen molar-refractivity contribution in [2.24, 2.45) is 0 Å². The number of fused-ring (bicyclic) bond motifs is 2. The molecule has 1 amide bonds. The summed E-state index contributed by atoms with van der Waals surface area (Å²) in [5.74, 6) is -0.0251. The lowest BCUT2D eigenvalue weighted by molar-refractivity contribution is -0.0461. The number of amides is 1. The van der Waals surface area contributed by atoms with Crippen molar-refractivity contribution in [1.82, 2.24) is 10.2 Å². The molecule has 2 fully saturated rings. The van der Waals surface area contributed by atoms with Gasteiger partial charge in [0.2, 0.25) is 0 Å². The first-order chi connectivity index (χ1) is 11.3. The van der Waals surface area contributed by atoms with E-state index < -0.39 is 0 Å². The lowest BCUT2D eigenvalue weighted by Gasteiger charge is -2.35. The number of carbonyl (C=O) groups is 1. The van der Waals surface area contributed by atoms with Crippen LogP contribution in [-0.2, 0) is 4.74 Å². The van der Waals surface area contributed by atoms with E-state index in [-0.39, 0.29) is 12.0 Å². The van der Waals surface area contributed by atoms with Gasteiger partial charge in [0.25, 0.3) is 5.91 Å². The van der Waals surface area contributed by atoms with E-state index in [0.717, 1.165) is 23.9 Å². The fourth-order valence-corrected chi connectivity index (χ4v) is 3.65. The highest BCUT2D eigenvalue weighted by molar-refractivity contribution is 5.98. The Morgan fingerprint density at radius 3 is 3.00 bits per heavy atom. The van der Waals surface area contributed by atoms with Crippen LogP contribution in [0.1, 0.15) is 23.2 Å². The van der Waals surface area contributed by atoms with Crippen LogP contribution in [-0.4, -0.2) is 49.2 Å². The highest BCUT2D eigenvalue weighted by Gasteiger charge is 2.32. The molecule has 2 saturated heterocycles. The summed E-state index contributed by atoms with van der Waals surface area (Å²) in [5, 5.41) is 5.27. The molecule has 0 aromatic heterocycles. The van der Waals surface area contributed by atoms with E-state index in [1.807, 2.05) is 36.4 Å². The van der Waals surface area contributed by atoms with Crippen molar-refractivity contribution >= 4 is 16.7 Å². The highest BCUT2D eigenvalue weighted by Crippen LogP contribution is 2.22. The Morgan fingerprint density at radius 2 is 2.09 bits per heavy atom. The summed E-state index contributed by atoms with van der Waals surface area (Å²) in [5.41, 5.74) is 0.707. The predicted octanol–water partition coefficient (Wildman–Crippen LogP) is 2.43. The first kappa shape index (κ1) is 14.7. The monoisotopic (exact) mass is 310 g/mol. The number of nitrogens with zero attached hydrogens (tertiary/aromatic N) is 1. The molecule has 23 heavy (non-hydrogen) atoms. The second kappa shape index (κ2) is 6.30. The molecule has 0 unspecified atom stereocenters. The molecule has 2 heterocycles. The van der Waals surface area contributed by atoms with Crippen molar-refractivity contribution < 1.29 is 9.53 Å². The minimum Gasteiger partial charge on any atom is -0.373 e. The second-order valence-electron chi connectivity index (χ2n) is 6.52. The van der Waals surface area contributed by atoms with E-state index in [2.05, 4.69) is 16.3 Å². The minimum absolute atomic E-state index is 0.0251. The highest BCUT2D eigenvalue weighted by atomic mass is 16.5. The fourth-order valence-electron chi connectivity index (χ4n) is 3.65. The molecule has 2 aliphatic rings. The third-order valence-corrected chi connectivity index (χ3v) is 4.96. The Morgan fingerprint density at radius 1 is 1.22 bits per heavy atom. The van der Waals surface area contributed by atoms with Crippen LogP contribution in [0.5, 0.6) is 0 Å². The number of hydrogen-bond acceptors (Lipinski definition) is 3. The zero-order valence-electron chi connectivity index (χ0n) is 13.2. The van der Waals surface area contributed by atoms with Crippen LogP contribution in [0.4, 0.5) is 0 Å². The predicted molar refractivity (Wildman–Crippen MR) is 90.6 cm³/mol. The SMILES string of the molecule is O=C(NC[C@H]1CN2CCC[C@@H]2CO1)c1ccc2ccccc2c1. The van der Waals surface area contributed by atoms with Crippen LogP contribution >= 0.6 is 0 Å². The Hall–Kier alpha value is -1.91. The summed E-state index contributed by atoms with van der Waals surface area (Å²) >= 11 is 0. The van der Waals surface area contributed by atoms with E-state index in [1.54, 1.807) is 0 Å². The van der Waals surface area contributed by atoms with Crippen LogP contribution < -0.4 is 5.32 Å². The smallest absolute Gasteiger partial charge is 0.251 e. The average molecular weight is 310 g/mol. The molecule has 2 aromatic rings. The van der Waals surface area contributed by atoms with Gasteiger partial charge in [-0.25, -0.2) is 0 Å². The van der Waals surface area contributed by atoms with Crippen molar-refractivity contribution in [2.45, 2.75) is 25.0 Å². The van der Waals surface area contributed by atoms with Crippen LogP contribution in [0.2, 0.25) is 0 Å². The maximum Gasteiger partial charge on any atom is 0.251 e. The Bertz CT molecular complexity index is 715. The summed E-state index contributed by atoms with van der Waals surface area (Å²) in [4.78, 5) is 14.9. The summed E-state index contributed by atoms with van der Waals surface area (Å²) < 4.78 is 5.89. The minimum atomic E-state index is -0.0251. The van der Waals surface area contributed by atoms with Gasteiger partial charge in [-0.3, -0.25) is 9.69 Å². The first-order valence-electron chi connectivity index (χ1n) is 8.42. The zero-order chi connectivity index (χ0) is 15.6. The molecule has 0 aliphatic carbocycles. The fraction of sp³-hybridized carbons (Fsp3) is 0.421. The summed E-state index contributed by atoms with van der Waals surface area (Å²) in [7, 11) is 0. The molecular formula is C19H22N2O2. The molecule has 0 spiro atoms. The average Bonchev–Trinajstić information content (AvgIpc) is 3.07. The van der Waals surface area contributed by atoms with Crippen molar-refractivity contribution in [3.8, 4) is 0 Å². The molecule has 4 rings (SSSR count). The van der Waals surface area contributed by atoms with Crippen LogP contribution in [0.3, 0.4) is 0 Å². The van der Waals surface area contributed by atoms with Gasteiger partial charge in [-0.15, -0.1) is 0 Å². The Kier molecular flexibility index (Phi) is 4.02. The topological polar surface area (TPSA) is 41.6 Å². The number of ether oxygens (including phenoxy) is 1. The number of hydrogen-bond donors (Lipinski definition) is 1. The van der Waals surface area contributed by atoms with Gasteiger partial charge in [0.1, 0.15) is 0 Å². The maximum absolute atomic E-state index is 12.4. The molecule has 0 saturated carbocycles. The molecule has 2 aliphatic heterocycles. The van der Waals surface area contributed by atoms with Crippen molar-refractivity contribution in [3.05, 3.63) is 48.0 Å². The van der Waals surface area contributed by atoms with E-state index >= 15 is 0 Å². The number of morpholine rings is 1. The largest absolute Gasteiger partial charge is 0.373 e. The van der Waals surface area contributed by atoms with Crippen molar-refractivity contribution in [3.63, 3.8) is 0 Å². The number of benzene rings is 2. The summed E-state index contributed by atoms with van der Waals surface area (Å²) in [6.07, 6.45) is 2.62. The van der Waals surface area contributed by atoms with Crippen LogP contribution in [0.25, 0.3) is 10.8 Å². The van der Waals surface area contributed by atoms with Gasteiger partial charge in [0, 0.05) is 24.7 Å². The number of rotatable bonds is 3.